The van der Waals surface area contributed by atoms with Gasteiger partial charge in [0.2, 0.25) is 0 Å². The second-order valence-electron chi connectivity index (χ2n) is 3.93. The first-order chi connectivity index (χ1) is 9.24. The second kappa shape index (κ2) is 4.48. The molecule has 0 aliphatic carbocycles. The van der Waals surface area contributed by atoms with Crippen LogP contribution >= 0.6 is 0 Å². The molecule has 0 bridgehead atoms. The van der Waals surface area contributed by atoms with E-state index < -0.39 is 5.82 Å². The largest absolute Gasteiger partial charge is 0.396 e. The van der Waals surface area contributed by atoms with Gasteiger partial charge in [-0.3, -0.25) is 4.68 Å². The summed E-state index contributed by atoms with van der Waals surface area (Å²) in [5.74, 6) is 0.0734. The molecule has 0 atom stereocenters. The summed E-state index contributed by atoms with van der Waals surface area (Å²) in [6.45, 7) is 0.304. The molecule has 19 heavy (non-hydrogen) atoms. The number of anilines is 1. The number of benzene rings is 1. The number of nitrogen functional groups attached to an aromatic ring is 1. The van der Waals surface area contributed by atoms with Gasteiger partial charge in [-0.2, -0.15) is 9.78 Å². The van der Waals surface area contributed by atoms with Crippen LogP contribution in [0.4, 0.5) is 10.1 Å². The van der Waals surface area contributed by atoms with Gasteiger partial charge in [0.25, 0.3) is 0 Å². The Morgan fingerprint density at radius 3 is 2.84 bits per heavy atom. The Morgan fingerprint density at radius 1 is 1.26 bits per heavy atom. The monoisotopic (exact) mass is 259 g/mol. The van der Waals surface area contributed by atoms with Crippen molar-refractivity contribution < 1.29 is 4.39 Å². The Bertz CT molecular complexity index is 702. The van der Waals surface area contributed by atoms with Gasteiger partial charge in [-0.15, -0.1) is 5.10 Å². The van der Waals surface area contributed by atoms with Crippen LogP contribution in [0.25, 0.3) is 5.69 Å². The number of aromatic nitrogens is 6. The van der Waals surface area contributed by atoms with Gasteiger partial charge < -0.3 is 5.73 Å². The zero-order valence-corrected chi connectivity index (χ0v) is 9.81. The van der Waals surface area contributed by atoms with E-state index in [4.69, 9.17) is 5.73 Å². The van der Waals surface area contributed by atoms with Crippen LogP contribution in [0.2, 0.25) is 0 Å². The molecule has 0 fully saturated rings. The number of nitrogens with zero attached hydrogens (tertiary/aromatic N) is 6. The topological polar surface area (TPSA) is 87.4 Å². The quantitative estimate of drug-likeness (QED) is 0.745. The molecule has 1 aromatic carbocycles. The molecule has 7 nitrogen and oxygen atoms in total. The molecule has 0 aliphatic heterocycles. The van der Waals surface area contributed by atoms with Crippen LogP contribution in [0.15, 0.2) is 36.7 Å². The SMILES string of the molecule is Nc1cnn(Cc2nnnn2-c2ccccc2F)c1. The van der Waals surface area contributed by atoms with Gasteiger partial charge in [-0.05, 0) is 22.6 Å². The highest BCUT2D eigenvalue weighted by molar-refractivity contribution is 5.33. The molecule has 2 heterocycles. The third-order valence-electron chi connectivity index (χ3n) is 2.57. The Labute approximate surface area is 107 Å². The number of para-hydroxylation sites is 1. The molecule has 3 rings (SSSR count). The summed E-state index contributed by atoms with van der Waals surface area (Å²) in [7, 11) is 0. The Morgan fingerprint density at radius 2 is 2.11 bits per heavy atom. The summed E-state index contributed by atoms with van der Waals surface area (Å²) in [6, 6.07) is 6.28. The lowest BCUT2D eigenvalue weighted by Gasteiger charge is -2.05. The first-order valence-electron chi connectivity index (χ1n) is 5.54. The fourth-order valence-electron chi connectivity index (χ4n) is 1.73. The number of nitrogens with two attached hydrogens (primary N) is 1. The van der Waals surface area contributed by atoms with Gasteiger partial charge in [0.15, 0.2) is 5.82 Å². The van der Waals surface area contributed by atoms with Crippen LogP contribution in [-0.4, -0.2) is 30.0 Å². The number of halogens is 1. The van der Waals surface area contributed by atoms with Crippen LogP contribution in [-0.2, 0) is 6.54 Å². The maximum Gasteiger partial charge on any atom is 0.178 e. The van der Waals surface area contributed by atoms with Gasteiger partial charge in [0, 0.05) is 6.20 Å². The predicted molar refractivity (Wildman–Crippen MR) is 64.9 cm³/mol. The molecule has 0 unspecified atom stereocenters. The minimum atomic E-state index is -0.393. The van der Waals surface area contributed by atoms with E-state index in [1.807, 2.05) is 0 Å². The summed E-state index contributed by atoms with van der Waals surface area (Å²) in [6.07, 6.45) is 3.18. The van der Waals surface area contributed by atoms with Gasteiger partial charge >= 0.3 is 0 Å². The lowest BCUT2D eigenvalue weighted by atomic mass is 10.3. The maximum atomic E-state index is 13.7. The van der Waals surface area contributed by atoms with E-state index in [9.17, 15) is 4.39 Å². The summed E-state index contributed by atoms with van der Waals surface area (Å²) in [5, 5.41) is 15.3. The lowest BCUT2D eigenvalue weighted by molar-refractivity contribution is 0.589. The van der Waals surface area contributed by atoms with Crippen molar-refractivity contribution in [3.8, 4) is 5.69 Å². The molecule has 0 spiro atoms. The number of hydrogen-bond acceptors (Lipinski definition) is 5. The number of rotatable bonds is 3. The van der Waals surface area contributed by atoms with Crippen LogP contribution < -0.4 is 5.73 Å². The van der Waals surface area contributed by atoms with E-state index in [-0.39, 0.29) is 0 Å². The van der Waals surface area contributed by atoms with Crippen LogP contribution in [0, 0.1) is 5.82 Å². The van der Waals surface area contributed by atoms with Crippen molar-refractivity contribution in [2.45, 2.75) is 6.54 Å². The molecule has 0 saturated heterocycles. The zero-order valence-electron chi connectivity index (χ0n) is 9.81. The molecular formula is C11H10FN7. The molecular weight excluding hydrogens is 249 g/mol. The normalized spacial score (nSPS) is 10.8. The molecule has 0 saturated carbocycles. The highest BCUT2D eigenvalue weighted by atomic mass is 19.1. The van der Waals surface area contributed by atoms with Crippen molar-refractivity contribution in [1.29, 1.82) is 0 Å². The van der Waals surface area contributed by atoms with Crippen molar-refractivity contribution in [2.24, 2.45) is 0 Å². The molecule has 0 aliphatic rings. The van der Waals surface area contributed by atoms with Crippen molar-refractivity contribution >= 4 is 5.69 Å². The average molecular weight is 259 g/mol. The number of tetrazole rings is 1. The maximum absolute atomic E-state index is 13.7. The fourth-order valence-corrected chi connectivity index (χ4v) is 1.73. The van der Waals surface area contributed by atoms with Crippen molar-refractivity contribution in [3.05, 3.63) is 48.3 Å². The summed E-state index contributed by atoms with van der Waals surface area (Å²) < 4.78 is 16.6. The van der Waals surface area contributed by atoms with E-state index in [1.54, 1.807) is 29.1 Å². The predicted octanol–water partition coefficient (Wildman–Crippen LogP) is 0.628. The molecule has 96 valence electrons. The number of hydrogen-bond donors (Lipinski definition) is 1. The first-order valence-corrected chi connectivity index (χ1v) is 5.54. The molecule has 2 N–H and O–H groups in total. The first kappa shape index (κ1) is 11.3. The van der Waals surface area contributed by atoms with Gasteiger partial charge in [-0.25, -0.2) is 4.39 Å². The minimum absolute atomic E-state index is 0.294. The highest BCUT2D eigenvalue weighted by Crippen LogP contribution is 2.13. The summed E-state index contributed by atoms with van der Waals surface area (Å²) in [4.78, 5) is 0. The third kappa shape index (κ3) is 2.15. The minimum Gasteiger partial charge on any atom is -0.396 e. The average Bonchev–Trinajstić information content (AvgIpc) is 3.00. The highest BCUT2D eigenvalue weighted by Gasteiger charge is 2.12. The van der Waals surface area contributed by atoms with Crippen molar-refractivity contribution in [3.63, 3.8) is 0 Å². The van der Waals surface area contributed by atoms with Crippen LogP contribution in [0.1, 0.15) is 5.82 Å². The summed E-state index contributed by atoms with van der Waals surface area (Å²) >= 11 is 0. The van der Waals surface area contributed by atoms with Gasteiger partial charge in [-0.1, -0.05) is 12.1 Å². The molecule has 0 amide bonds. The Balaban J connectivity index is 1.97. The van der Waals surface area contributed by atoms with Crippen LogP contribution in [0.3, 0.4) is 0 Å². The van der Waals surface area contributed by atoms with Gasteiger partial charge in [0.05, 0.1) is 11.9 Å². The van der Waals surface area contributed by atoms with Crippen molar-refractivity contribution in [2.75, 3.05) is 5.73 Å². The van der Waals surface area contributed by atoms with E-state index in [0.717, 1.165) is 0 Å². The van der Waals surface area contributed by atoms with E-state index in [0.29, 0.717) is 23.7 Å². The van der Waals surface area contributed by atoms with E-state index in [1.165, 1.54) is 16.9 Å². The standard InChI is InChI=1S/C11H10FN7/c12-9-3-1-2-4-10(9)19-11(15-16-17-19)7-18-6-8(13)5-14-18/h1-6H,7,13H2. The zero-order chi connectivity index (χ0) is 13.2. The van der Waals surface area contributed by atoms with Crippen molar-refractivity contribution in [1.82, 2.24) is 30.0 Å². The molecule has 0 radical (unpaired) electrons. The smallest absolute Gasteiger partial charge is 0.178 e. The molecule has 2 aromatic heterocycles. The Hall–Kier alpha value is -2.77. The van der Waals surface area contributed by atoms with E-state index in [2.05, 4.69) is 20.6 Å². The fraction of sp³-hybridized carbons (Fsp3) is 0.0909. The molecule has 3 aromatic rings. The third-order valence-corrected chi connectivity index (χ3v) is 2.57. The second-order valence-corrected chi connectivity index (χ2v) is 3.93. The Kier molecular flexibility index (Phi) is 2.67. The van der Waals surface area contributed by atoms with E-state index >= 15 is 0 Å². The van der Waals surface area contributed by atoms with Crippen LogP contribution in [0.5, 0.6) is 0 Å². The lowest BCUT2D eigenvalue weighted by Crippen LogP contribution is -2.10. The molecule has 8 heteroatoms. The van der Waals surface area contributed by atoms with Gasteiger partial charge in [0.1, 0.15) is 18.0 Å². The summed E-state index contributed by atoms with van der Waals surface area (Å²) in [5.41, 5.74) is 6.42.